The Balaban J connectivity index is 1.41. The summed E-state index contributed by atoms with van der Waals surface area (Å²) in [6.45, 7) is 7.72. The highest BCUT2D eigenvalue weighted by atomic mass is 19.1. The number of nitrogens with zero attached hydrogens (tertiary/aromatic N) is 3. The Kier molecular flexibility index (Phi) is 5.11. The summed E-state index contributed by atoms with van der Waals surface area (Å²) < 4.78 is 28.7. The maximum Gasteiger partial charge on any atom is 0.131 e. The van der Waals surface area contributed by atoms with Crippen molar-refractivity contribution in [1.29, 1.82) is 0 Å². The quantitative estimate of drug-likeness (QED) is 0.306. The van der Waals surface area contributed by atoms with Crippen molar-refractivity contribution in [3.63, 3.8) is 0 Å². The van der Waals surface area contributed by atoms with Gasteiger partial charge in [-0.05, 0) is 69.8 Å². The van der Waals surface area contributed by atoms with Crippen LogP contribution >= 0.6 is 0 Å². The monoisotopic (exact) mass is 471 g/mol. The molecular formula is C31H19F2N3. The second-order valence-electron chi connectivity index (χ2n) is 8.53. The number of rotatable bonds is 4. The zero-order valence-electron chi connectivity index (χ0n) is 19.2. The maximum absolute atomic E-state index is 14.4. The number of hydrogen-bond donors (Lipinski definition) is 0. The molecule has 0 amide bonds. The lowest BCUT2D eigenvalue weighted by atomic mass is 9.97. The molecule has 0 radical (unpaired) electrons. The predicted molar refractivity (Wildman–Crippen MR) is 143 cm³/mol. The van der Waals surface area contributed by atoms with E-state index < -0.39 is 0 Å². The van der Waals surface area contributed by atoms with Gasteiger partial charge in [0.2, 0.25) is 0 Å². The van der Waals surface area contributed by atoms with Crippen LogP contribution in [0, 0.1) is 11.6 Å². The molecule has 0 fully saturated rings. The van der Waals surface area contributed by atoms with Crippen molar-refractivity contribution < 1.29 is 8.78 Å². The first-order chi connectivity index (χ1) is 17.6. The van der Waals surface area contributed by atoms with Gasteiger partial charge in [0.15, 0.2) is 0 Å². The molecule has 2 aromatic rings. The number of allylic oxidation sites excluding steroid dienone is 4. The fourth-order valence-corrected chi connectivity index (χ4v) is 4.74. The average Bonchev–Trinajstić information content (AvgIpc) is 3.57. The van der Waals surface area contributed by atoms with Gasteiger partial charge in [0.1, 0.15) is 17.3 Å². The lowest BCUT2D eigenvalue weighted by molar-refractivity contribution is 0.624. The summed E-state index contributed by atoms with van der Waals surface area (Å²) in [6.07, 6.45) is 16.2. The molecule has 6 rings (SSSR count). The van der Waals surface area contributed by atoms with Crippen molar-refractivity contribution in [2.45, 2.75) is 0 Å². The molecule has 2 aliphatic heterocycles. The maximum atomic E-state index is 14.4. The molecule has 0 aromatic heterocycles. The van der Waals surface area contributed by atoms with Gasteiger partial charge in [-0.25, -0.2) is 8.78 Å². The smallest absolute Gasteiger partial charge is 0.131 e. The molecule has 172 valence electrons. The Morgan fingerprint density at radius 2 is 1.28 bits per heavy atom. The van der Waals surface area contributed by atoms with E-state index in [-0.39, 0.29) is 11.6 Å². The molecule has 4 aliphatic rings. The lowest BCUT2D eigenvalue weighted by Gasteiger charge is -2.07. The van der Waals surface area contributed by atoms with Gasteiger partial charge in [0.05, 0.1) is 17.6 Å². The third-order valence-corrected chi connectivity index (χ3v) is 6.50. The van der Waals surface area contributed by atoms with E-state index in [0.717, 1.165) is 39.0 Å². The van der Waals surface area contributed by atoms with Crippen LogP contribution in [0.2, 0.25) is 0 Å². The van der Waals surface area contributed by atoms with Crippen LogP contribution in [0.1, 0.15) is 44.8 Å². The number of hydrogen-bond acceptors (Lipinski definition) is 3. The van der Waals surface area contributed by atoms with Gasteiger partial charge in [-0.2, -0.15) is 0 Å². The summed E-state index contributed by atoms with van der Waals surface area (Å²) in [5.74, 6) is -0.542. The first-order valence-electron chi connectivity index (χ1n) is 11.4. The zero-order chi connectivity index (χ0) is 24.8. The van der Waals surface area contributed by atoms with E-state index in [1.54, 1.807) is 42.6 Å². The van der Waals surface area contributed by atoms with Gasteiger partial charge in [-0.1, -0.05) is 61.7 Å². The van der Waals surface area contributed by atoms with Crippen LogP contribution in [-0.4, -0.2) is 15.2 Å². The van der Waals surface area contributed by atoms with Crippen LogP contribution in [-0.2, 0) is 0 Å². The standard InChI is InChI=1S/C31H19F2N3/c1-3-18-7-13-26(32)23-10-5-20(30(18)23)15-22-9-12-25-28(35-36-29(25)17-34-22)16-21-6-11-24-27(33)14-8-19(4-2)31(21)24/h3-17H,1-2H2/b20-15+,21-16+. The summed E-state index contributed by atoms with van der Waals surface area (Å²) in [5.41, 5.74) is 8.93. The van der Waals surface area contributed by atoms with E-state index in [9.17, 15) is 8.78 Å². The molecule has 0 spiro atoms. The molecule has 0 N–H and O–H groups in total. The normalized spacial score (nSPS) is 15.6. The molecule has 0 saturated heterocycles. The summed E-state index contributed by atoms with van der Waals surface area (Å²) in [7, 11) is 0. The zero-order valence-corrected chi connectivity index (χ0v) is 19.2. The molecule has 2 heterocycles. The largest absolute Gasteiger partial charge is 0.255 e. The first-order valence-corrected chi connectivity index (χ1v) is 11.4. The Morgan fingerprint density at radius 3 is 1.89 bits per heavy atom. The fraction of sp³-hybridized carbons (Fsp3) is 0. The molecule has 36 heavy (non-hydrogen) atoms. The highest BCUT2D eigenvalue weighted by molar-refractivity contribution is 6.02. The van der Waals surface area contributed by atoms with Crippen LogP contribution in [0.5, 0.6) is 0 Å². The van der Waals surface area contributed by atoms with E-state index in [4.69, 9.17) is 0 Å². The Morgan fingerprint density at radius 1 is 0.667 bits per heavy atom. The first kappa shape index (κ1) is 21.7. The molecule has 5 heteroatoms. The van der Waals surface area contributed by atoms with E-state index in [1.165, 1.54) is 12.1 Å². The molecular weight excluding hydrogens is 452 g/mol. The highest BCUT2D eigenvalue weighted by Crippen LogP contribution is 2.38. The van der Waals surface area contributed by atoms with Crippen molar-refractivity contribution in [3.8, 4) is 11.3 Å². The Labute approximate surface area is 207 Å². The van der Waals surface area contributed by atoms with Crippen LogP contribution in [0.4, 0.5) is 8.78 Å². The minimum atomic E-state index is -0.274. The van der Waals surface area contributed by atoms with Crippen molar-refractivity contribution in [3.05, 3.63) is 124 Å². The van der Waals surface area contributed by atoms with Gasteiger partial charge in [0, 0.05) is 16.7 Å². The fourth-order valence-electron chi connectivity index (χ4n) is 4.74. The Bertz CT molecular complexity index is 1690. The van der Waals surface area contributed by atoms with Crippen LogP contribution in [0.3, 0.4) is 0 Å². The molecule has 2 aromatic carbocycles. The van der Waals surface area contributed by atoms with Gasteiger partial charge < -0.3 is 0 Å². The average molecular weight is 472 g/mol. The molecule has 3 nitrogen and oxygen atoms in total. The minimum Gasteiger partial charge on any atom is -0.255 e. The topological polar surface area (TPSA) is 38.7 Å². The summed E-state index contributed by atoms with van der Waals surface area (Å²) in [4.78, 5) is 4.57. The SMILES string of the molecule is C=Cc1ccc(F)c2c1/C(=C/c1ccc3c(/C=C4\C=Cc5c(F)ccc(C=C)c54)nnc-3cn1)C=C2. The van der Waals surface area contributed by atoms with Crippen LogP contribution in [0.15, 0.2) is 67.9 Å². The van der Waals surface area contributed by atoms with Crippen molar-refractivity contribution in [2.75, 3.05) is 0 Å². The second kappa shape index (κ2) is 8.47. The third-order valence-electron chi connectivity index (χ3n) is 6.50. The van der Waals surface area contributed by atoms with Crippen LogP contribution in [0.25, 0.3) is 58.9 Å². The van der Waals surface area contributed by atoms with E-state index >= 15 is 0 Å². The Hall–Kier alpha value is -4.77. The van der Waals surface area contributed by atoms with E-state index in [2.05, 4.69) is 28.3 Å². The van der Waals surface area contributed by atoms with Crippen LogP contribution < -0.4 is 0 Å². The van der Waals surface area contributed by atoms with Gasteiger partial charge in [-0.3, -0.25) is 4.98 Å². The summed E-state index contributed by atoms with van der Waals surface area (Å²) in [5, 5.41) is 8.63. The van der Waals surface area contributed by atoms with Gasteiger partial charge in [0.25, 0.3) is 0 Å². The number of benzene rings is 2. The molecule has 0 bridgehead atoms. The van der Waals surface area contributed by atoms with Gasteiger partial charge in [-0.15, -0.1) is 10.2 Å². The van der Waals surface area contributed by atoms with E-state index in [1.807, 2.05) is 36.4 Å². The molecule has 2 aliphatic carbocycles. The number of aromatic nitrogens is 3. The predicted octanol–water partition coefficient (Wildman–Crippen LogP) is 7.68. The number of halogens is 2. The van der Waals surface area contributed by atoms with Crippen molar-refractivity contribution in [2.24, 2.45) is 0 Å². The van der Waals surface area contributed by atoms with Crippen molar-refractivity contribution in [1.82, 2.24) is 15.2 Å². The molecule has 0 unspecified atom stereocenters. The second-order valence-corrected chi connectivity index (χ2v) is 8.53. The summed E-state index contributed by atoms with van der Waals surface area (Å²) in [6, 6.07) is 10.2. The summed E-state index contributed by atoms with van der Waals surface area (Å²) >= 11 is 0. The highest BCUT2D eigenvalue weighted by Gasteiger charge is 2.20. The molecule has 0 atom stereocenters. The van der Waals surface area contributed by atoms with Crippen molar-refractivity contribution >= 4 is 47.6 Å². The number of fused-ring (bicyclic) bond motifs is 3. The van der Waals surface area contributed by atoms with E-state index in [0.29, 0.717) is 28.2 Å². The van der Waals surface area contributed by atoms with Gasteiger partial charge >= 0.3 is 0 Å². The molecule has 0 saturated carbocycles. The third kappa shape index (κ3) is 3.45. The lowest BCUT2D eigenvalue weighted by Crippen LogP contribution is -1.91. The minimum absolute atomic E-state index is 0.268.